The van der Waals surface area contributed by atoms with Crippen molar-refractivity contribution in [2.45, 2.75) is 0 Å². The fraction of sp³-hybridized carbons (Fsp3) is 0.0714. The molecule has 1 amide bonds. The molecule has 21 heavy (non-hydrogen) atoms. The number of thiocarbonyl (C=S) groups is 1. The van der Waals surface area contributed by atoms with Gasteiger partial charge in [-0.1, -0.05) is 28.1 Å². The van der Waals surface area contributed by atoms with Crippen LogP contribution in [0.4, 0.5) is 5.69 Å². The van der Waals surface area contributed by atoms with Gasteiger partial charge in [0.25, 0.3) is 11.5 Å². The summed E-state index contributed by atoms with van der Waals surface area (Å²) >= 11 is 8.28. The highest BCUT2D eigenvalue weighted by Gasteiger charge is 2.12. The molecule has 0 atom stereocenters. The van der Waals surface area contributed by atoms with Crippen molar-refractivity contribution in [2.75, 3.05) is 5.32 Å². The number of anilines is 1. The molecule has 0 spiro atoms. The molecule has 1 aromatic carbocycles. The second kappa shape index (κ2) is 6.19. The Morgan fingerprint density at radius 2 is 2.05 bits per heavy atom. The summed E-state index contributed by atoms with van der Waals surface area (Å²) in [6.45, 7) is 0. The lowest BCUT2D eigenvalue weighted by atomic mass is 10.1. The summed E-state index contributed by atoms with van der Waals surface area (Å²) in [7, 11) is 1.61. The minimum atomic E-state index is -0.400. The van der Waals surface area contributed by atoms with Gasteiger partial charge in [-0.05, 0) is 24.3 Å². The summed E-state index contributed by atoms with van der Waals surface area (Å²) < 4.78 is 2.16. The van der Waals surface area contributed by atoms with E-state index in [4.69, 9.17) is 18.0 Å². The summed E-state index contributed by atoms with van der Waals surface area (Å²) in [6, 6.07) is 8.03. The second-order valence-corrected chi connectivity index (χ2v) is 5.73. The number of pyridine rings is 1. The van der Waals surface area contributed by atoms with E-state index in [9.17, 15) is 9.59 Å². The number of aromatic nitrogens is 1. The van der Waals surface area contributed by atoms with Gasteiger partial charge in [-0.3, -0.25) is 9.59 Å². The number of nitrogens with one attached hydrogen (secondary N) is 1. The van der Waals surface area contributed by atoms with Gasteiger partial charge < -0.3 is 15.6 Å². The molecule has 0 aliphatic carbocycles. The Kier molecular flexibility index (Phi) is 4.54. The first-order valence-corrected chi connectivity index (χ1v) is 7.16. The number of carbonyl (C=O) groups is 1. The average Bonchev–Trinajstić information content (AvgIpc) is 2.41. The summed E-state index contributed by atoms with van der Waals surface area (Å²) in [5, 5.41) is 2.71. The number of hydrogen-bond acceptors (Lipinski definition) is 3. The highest BCUT2D eigenvalue weighted by Crippen LogP contribution is 2.22. The van der Waals surface area contributed by atoms with Crippen LogP contribution in [0.1, 0.15) is 15.9 Å². The summed E-state index contributed by atoms with van der Waals surface area (Å²) in [6.07, 6.45) is 1.53. The third kappa shape index (κ3) is 3.56. The molecule has 1 heterocycles. The van der Waals surface area contributed by atoms with Gasteiger partial charge in [0.15, 0.2) is 0 Å². The predicted octanol–water partition coefficient (Wildman–Crippen LogP) is 2.03. The van der Waals surface area contributed by atoms with E-state index in [-0.39, 0.29) is 16.1 Å². The van der Waals surface area contributed by atoms with E-state index in [1.807, 2.05) is 0 Å². The van der Waals surface area contributed by atoms with Crippen LogP contribution in [-0.4, -0.2) is 15.5 Å². The van der Waals surface area contributed by atoms with Crippen LogP contribution in [0.2, 0.25) is 0 Å². The zero-order chi connectivity index (χ0) is 15.6. The second-order valence-electron chi connectivity index (χ2n) is 4.37. The number of amides is 1. The number of carbonyl (C=O) groups excluding carboxylic acids is 1. The van der Waals surface area contributed by atoms with Crippen LogP contribution >= 0.6 is 28.1 Å². The maximum absolute atomic E-state index is 12.2. The lowest BCUT2D eigenvalue weighted by Crippen LogP contribution is -2.21. The fourth-order valence-electron chi connectivity index (χ4n) is 1.72. The maximum atomic E-state index is 12.2. The standard InChI is InChI=1S/C14H12BrN3O2S/c1-18-5-4-8(6-12(18)19)14(20)17-11-7-9(15)2-3-10(11)13(16)21/h2-7H,1H3,(H2,16,21)(H,17,20). The number of aryl methyl sites for hydroxylation is 1. The molecule has 2 rings (SSSR count). The molecule has 5 nitrogen and oxygen atoms in total. The summed E-state index contributed by atoms with van der Waals surface area (Å²) in [4.78, 5) is 23.9. The number of nitrogens with two attached hydrogens (primary N) is 1. The largest absolute Gasteiger partial charge is 0.389 e. The predicted molar refractivity (Wildman–Crippen MR) is 89.7 cm³/mol. The molecule has 3 N–H and O–H groups in total. The average molecular weight is 366 g/mol. The van der Waals surface area contributed by atoms with Crippen LogP contribution in [0.5, 0.6) is 0 Å². The van der Waals surface area contributed by atoms with Crippen molar-refractivity contribution in [3.63, 3.8) is 0 Å². The topological polar surface area (TPSA) is 77.1 Å². The number of rotatable bonds is 3. The molecule has 0 aliphatic rings. The molecule has 0 aliphatic heterocycles. The van der Waals surface area contributed by atoms with Crippen LogP contribution in [0, 0.1) is 0 Å². The van der Waals surface area contributed by atoms with Gasteiger partial charge in [0, 0.05) is 34.9 Å². The van der Waals surface area contributed by atoms with Crippen LogP contribution in [0.25, 0.3) is 0 Å². The van der Waals surface area contributed by atoms with E-state index in [2.05, 4.69) is 21.2 Å². The molecule has 0 unspecified atom stereocenters. The molecule has 0 saturated heterocycles. The van der Waals surface area contributed by atoms with Gasteiger partial charge in [0.05, 0.1) is 5.69 Å². The van der Waals surface area contributed by atoms with Crippen LogP contribution in [0.3, 0.4) is 0 Å². The smallest absolute Gasteiger partial charge is 0.255 e. The van der Waals surface area contributed by atoms with E-state index in [0.717, 1.165) is 4.47 Å². The van der Waals surface area contributed by atoms with E-state index >= 15 is 0 Å². The van der Waals surface area contributed by atoms with Gasteiger partial charge in [0.2, 0.25) is 0 Å². The van der Waals surface area contributed by atoms with Crippen molar-refractivity contribution >= 4 is 44.7 Å². The van der Waals surface area contributed by atoms with E-state index < -0.39 is 5.91 Å². The van der Waals surface area contributed by atoms with Gasteiger partial charge in [0.1, 0.15) is 4.99 Å². The first-order valence-electron chi connectivity index (χ1n) is 5.96. The SMILES string of the molecule is Cn1ccc(C(=O)Nc2cc(Br)ccc2C(N)=S)cc1=O. The zero-order valence-electron chi connectivity index (χ0n) is 11.1. The molecular formula is C14H12BrN3O2S. The minimum Gasteiger partial charge on any atom is -0.389 e. The molecule has 0 bridgehead atoms. The van der Waals surface area contributed by atoms with E-state index in [0.29, 0.717) is 11.3 Å². The Labute approximate surface area is 134 Å². The number of benzene rings is 1. The van der Waals surface area contributed by atoms with Crippen LogP contribution in [0.15, 0.2) is 45.8 Å². The van der Waals surface area contributed by atoms with E-state index in [1.54, 1.807) is 31.3 Å². The molecule has 1 aromatic heterocycles. The summed E-state index contributed by atoms with van der Waals surface area (Å²) in [5.74, 6) is -0.400. The zero-order valence-corrected chi connectivity index (χ0v) is 13.5. The Morgan fingerprint density at radius 3 is 2.67 bits per heavy atom. The third-order valence-electron chi connectivity index (χ3n) is 2.86. The molecule has 0 saturated carbocycles. The lowest BCUT2D eigenvalue weighted by molar-refractivity contribution is 0.102. The van der Waals surface area contributed by atoms with Crippen LogP contribution in [-0.2, 0) is 7.05 Å². The fourth-order valence-corrected chi connectivity index (χ4v) is 2.26. The molecule has 108 valence electrons. The van der Waals surface area contributed by atoms with Crippen molar-refractivity contribution < 1.29 is 4.79 Å². The third-order valence-corrected chi connectivity index (χ3v) is 3.57. The number of hydrogen-bond donors (Lipinski definition) is 2. The van der Waals surface area contributed by atoms with Crippen molar-refractivity contribution in [3.05, 3.63) is 62.5 Å². The van der Waals surface area contributed by atoms with Gasteiger partial charge in [-0.15, -0.1) is 0 Å². The van der Waals surface area contributed by atoms with Crippen molar-refractivity contribution in [3.8, 4) is 0 Å². The van der Waals surface area contributed by atoms with E-state index in [1.165, 1.54) is 16.8 Å². The molecule has 0 radical (unpaired) electrons. The Balaban J connectivity index is 2.35. The van der Waals surface area contributed by atoms with Crippen molar-refractivity contribution in [1.29, 1.82) is 0 Å². The number of nitrogens with zero attached hydrogens (tertiary/aromatic N) is 1. The van der Waals surface area contributed by atoms with Gasteiger partial charge in [-0.25, -0.2) is 0 Å². The first-order chi connectivity index (χ1) is 9.88. The Bertz CT molecular complexity index is 786. The monoisotopic (exact) mass is 365 g/mol. The Hall–Kier alpha value is -1.99. The first kappa shape index (κ1) is 15.4. The minimum absolute atomic E-state index is 0.182. The molecule has 2 aromatic rings. The summed E-state index contributed by atoms with van der Waals surface area (Å²) in [5.41, 5.74) is 6.70. The highest BCUT2D eigenvalue weighted by molar-refractivity contribution is 9.10. The number of halogens is 1. The maximum Gasteiger partial charge on any atom is 0.255 e. The van der Waals surface area contributed by atoms with Crippen molar-refractivity contribution in [2.24, 2.45) is 12.8 Å². The molecular weight excluding hydrogens is 354 g/mol. The molecule has 7 heteroatoms. The quantitative estimate of drug-likeness (QED) is 0.815. The van der Waals surface area contributed by atoms with Gasteiger partial charge in [-0.2, -0.15) is 0 Å². The Morgan fingerprint density at radius 1 is 1.33 bits per heavy atom. The normalized spacial score (nSPS) is 10.2. The van der Waals surface area contributed by atoms with Crippen molar-refractivity contribution in [1.82, 2.24) is 4.57 Å². The molecule has 0 fully saturated rings. The van der Waals surface area contributed by atoms with Crippen LogP contribution < -0.4 is 16.6 Å². The lowest BCUT2D eigenvalue weighted by Gasteiger charge is -2.11. The highest BCUT2D eigenvalue weighted by atomic mass is 79.9. The van der Waals surface area contributed by atoms with Gasteiger partial charge >= 0.3 is 0 Å².